The molecule has 0 atom stereocenters. The van der Waals surface area contributed by atoms with Crippen LogP contribution in [0.3, 0.4) is 0 Å². The number of carbonyl (C=O) groups is 1. The minimum absolute atomic E-state index is 0.137. The van der Waals surface area contributed by atoms with Crippen molar-refractivity contribution in [1.29, 1.82) is 0 Å². The maximum Gasteiger partial charge on any atom is 0.267 e. The van der Waals surface area contributed by atoms with Gasteiger partial charge in [-0.05, 0) is 56.2 Å². The molecular formula is C28H28N4O3. The average Bonchev–Trinajstić information content (AvgIpc) is 3.43. The van der Waals surface area contributed by atoms with E-state index in [0.717, 1.165) is 48.5 Å². The third-order valence-electron chi connectivity index (χ3n) is 6.43. The van der Waals surface area contributed by atoms with E-state index >= 15 is 0 Å². The first-order valence-electron chi connectivity index (χ1n) is 11.8. The lowest BCUT2D eigenvalue weighted by atomic mass is 10.1. The molecule has 7 heteroatoms. The number of hydrogen-bond donors (Lipinski definition) is 1. The largest absolute Gasteiger partial charge is 0.496 e. The topological polar surface area (TPSA) is 76.5 Å². The molecule has 2 heterocycles. The van der Waals surface area contributed by atoms with E-state index in [0.29, 0.717) is 29.0 Å². The Morgan fingerprint density at radius 2 is 1.77 bits per heavy atom. The summed E-state index contributed by atoms with van der Waals surface area (Å²) in [5.74, 6) is 1.11. The number of benzene rings is 3. The van der Waals surface area contributed by atoms with Gasteiger partial charge in [-0.2, -0.15) is 0 Å². The Morgan fingerprint density at radius 1 is 1.03 bits per heavy atom. The highest BCUT2D eigenvalue weighted by molar-refractivity contribution is 5.97. The molecule has 4 aromatic rings. The molecule has 0 bridgehead atoms. The first-order valence-corrected chi connectivity index (χ1v) is 11.8. The molecule has 1 saturated heterocycles. The standard InChI is InChI=1S/C28H28N4O3/c1-19-9-12-22(13-10-19)32-27(34)23-14-11-20(17-24(23)30-28(32)31-15-5-6-16-31)26(33)29-18-21-7-3-4-8-25(21)35-2/h3-4,7-14,17H,5-6,15-16,18H2,1-2H3,(H,29,33). The van der Waals surface area contributed by atoms with Gasteiger partial charge in [-0.25, -0.2) is 9.55 Å². The molecule has 0 unspecified atom stereocenters. The second-order valence-electron chi connectivity index (χ2n) is 8.81. The zero-order chi connectivity index (χ0) is 24.4. The van der Waals surface area contributed by atoms with Crippen molar-refractivity contribution in [3.63, 3.8) is 0 Å². The van der Waals surface area contributed by atoms with Gasteiger partial charge in [0.05, 0.1) is 23.7 Å². The van der Waals surface area contributed by atoms with E-state index in [1.807, 2.05) is 55.5 Å². The van der Waals surface area contributed by atoms with E-state index in [2.05, 4.69) is 10.2 Å². The molecule has 1 N–H and O–H groups in total. The van der Waals surface area contributed by atoms with E-state index in [1.54, 1.807) is 29.9 Å². The van der Waals surface area contributed by atoms with Gasteiger partial charge in [0, 0.05) is 30.8 Å². The van der Waals surface area contributed by atoms with Crippen molar-refractivity contribution in [1.82, 2.24) is 14.9 Å². The maximum atomic E-state index is 13.6. The minimum atomic E-state index is -0.231. The van der Waals surface area contributed by atoms with Crippen LogP contribution >= 0.6 is 0 Å². The highest BCUT2D eigenvalue weighted by atomic mass is 16.5. The molecule has 178 valence electrons. The zero-order valence-electron chi connectivity index (χ0n) is 20.0. The zero-order valence-corrected chi connectivity index (χ0v) is 20.0. The number of rotatable bonds is 6. The van der Waals surface area contributed by atoms with Gasteiger partial charge in [0.15, 0.2) is 0 Å². The van der Waals surface area contributed by atoms with Crippen molar-refractivity contribution in [3.05, 3.63) is 93.8 Å². The summed E-state index contributed by atoms with van der Waals surface area (Å²) in [5, 5.41) is 3.42. The molecular weight excluding hydrogens is 440 g/mol. The van der Waals surface area contributed by atoms with E-state index in [9.17, 15) is 9.59 Å². The lowest BCUT2D eigenvalue weighted by Crippen LogP contribution is -2.30. The van der Waals surface area contributed by atoms with Gasteiger partial charge in [-0.1, -0.05) is 35.9 Å². The molecule has 5 rings (SSSR count). The quantitative estimate of drug-likeness (QED) is 0.458. The molecule has 0 saturated carbocycles. The number of carbonyl (C=O) groups excluding carboxylic acids is 1. The van der Waals surface area contributed by atoms with E-state index in [-0.39, 0.29) is 11.5 Å². The van der Waals surface area contributed by atoms with Crippen molar-refractivity contribution in [2.24, 2.45) is 0 Å². The van der Waals surface area contributed by atoms with Crippen LogP contribution < -0.4 is 20.5 Å². The SMILES string of the molecule is COc1ccccc1CNC(=O)c1ccc2c(=O)n(-c3ccc(C)cc3)c(N3CCCC3)nc2c1. The third-order valence-corrected chi connectivity index (χ3v) is 6.43. The van der Waals surface area contributed by atoms with Gasteiger partial charge in [0.2, 0.25) is 5.95 Å². The van der Waals surface area contributed by atoms with Crippen molar-refractivity contribution in [2.45, 2.75) is 26.3 Å². The molecule has 3 aromatic carbocycles. The monoisotopic (exact) mass is 468 g/mol. The smallest absolute Gasteiger partial charge is 0.267 e. The summed E-state index contributed by atoms with van der Waals surface area (Å²) in [6.45, 7) is 4.06. The Kier molecular flexibility index (Phi) is 6.23. The lowest BCUT2D eigenvalue weighted by Gasteiger charge is -2.22. The van der Waals surface area contributed by atoms with Gasteiger partial charge in [0.1, 0.15) is 5.75 Å². The number of nitrogens with zero attached hydrogens (tertiary/aromatic N) is 3. The van der Waals surface area contributed by atoms with Crippen LogP contribution in [-0.4, -0.2) is 35.7 Å². The highest BCUT2D eigenvalue weighted by Crippen LogP contribution is 2.24. The van der Waals surface area contributed by atoms with E-state index < -0.39 is 0 Å². The number of nitrogens with one attached hydrogen (secondary N) is 1. The van der Waals surface area contributed by atoms with Gasteiger partial charge in [0.25, 0.3) is 11.5 Å². The number of amides is 1. The first kappa shape index (κ1) is 22.7. The fourth-order valence-electron chi connectivity index (χ4n) is 4.50. The number of para-hydroxylation sites is 1. The molecule has 1 fully saturated rings. The van der Waals surface area contributed by atoms with Gasteiger partial charge >= 0.3 is 0 Å². The number of fused-ring (bicyclic) bond motifs is 1. The highest BCUT2D eigenvalue weighted by Gasteiger charge is 2.22. The summed E-state index contributed by atoms with van der Waals surface area (Å²) in [5.41, 5.74) is 3.64. The number of anilines is 1. The minimum Gasteiger partial charge on any atom is -0.496 e. The van der Waals surface area contributed by atoms with Crippen LogP contribution in [-0.2, 0) is 6.54 Å². The first-order chi connectivity index (χ1) is 17.0. The number of ether oxygens (including phenoxy) is 1. The Hall–Kier alpha value is -4.13. The molecule has 35 heavy (non-hydrogen) atoms. The Bertz CT molecular complexity index is 1440. The summed E-state index contributed by atoms with van der Waals surface area (Å²) in [4.78, 5) is 33.6. The van der Waals surface area contributed by atoms with Crippen molar-refractivity contribution in [2.75, 3.05) is 25.1 Å². The Morgan fingerprint density at radius 3 is 2.51 bits per heavy atom. The molecule has 7 nitrogen and oxygen atoms in total. The van der Waals surface area contributed by atoms with Crippen LogP contribution in [0.4, 0.5) is 5.95 Å². The molecule has 0 aliphatic carbocycles. The normalized spacial score (nSPS) is 13.3. The van der Waals surface area contributed by atoms with Crippen LogP contribution in [0.2, 0.25) is 0 Å². The maximum absolute atomic E-state index is 13.6. The molecule has 0 spiro atoms. The molecule has 0 radical (unpaired) electrons. The second-order valence-corrected chi connectivity index (χ2v) is 8.81. The predicted molar refractivity (Wildman–Crippen MR) is 138 cm³/mol. The van der Waals surface area contributed by atoms with Gasteiger partial charge < -0.3 is 15.0 Å². The van der Waals surface area contributed by atoms with Gasteiger partial charge in [-0.3, -0.25) is 9.59 Å². The summed E-state index contributed by atoms with van der Waals surface area (Å²) < 4.78 is 7.06. The van der Waals surface area contributed by atoms with Gasteiger partial charge in [-0.15, -0.1) is 0 Å². The van der Waals surface area contributed by atoms with Crippen LogP contribution in [0.25, 0.3) is 16.6 Å². The van der Waals surface area contributed by atoms with Crippen LogP contribution in [0, 0.1) is 6.92 Å². The number of aryl methyl sites for hydroxylation is 1. The Labute approximate surface area is 204 Å². The fourth-order valence-corrected chi connectivity index (χ4v) is 4.50. The van der Waals surface area contributed by atoms with Crippen molar-refractivity contribution in [3.8, 4) is 11.4 Å². The third kappa shape index (κ3) is 4.49. The summed E-state index contributed by atoms with van der Waals surface area (Å²) >= 11 is 0. The predicted octanol–water partition coefficient (Wildman–Crippen LogP) is 4.23. The summed E-state index contributed by atoms with van der Waals surface area (Å²) in [6.07, 6.45) is 2.13. The van der Waals surface area contributed by atoms with Crippen LogP contribution in [0.15, 0.2) is 71.5 Å². The lowest BCUT2D eigenvalue weighted by molar-refractivity contribution is 0.0951. The second kappa shape index (κ2) is 9.62. The van der Waals surface area contributed by atoms with Crippen LogP contribution in [0.5, 0.6) is 5.75 Å². The molecule has 1 amide bonds. The van der Waals surface area contributed by atoms with E-state index in [1.165, 1.54) is 0 Å². The molecule has 1 aliphatic heterocycles. The number of methoxy groups -OCH3 is 1. The number of aromatic nitrogens is 2. The summed E-state index contributed by atoms with van der Waals surface area (Å²) in [6, 6.07) is 20.5. The molecule has 1 aliphatic rings. The van der Waals surface area contributed by atoms with Crippen LogP contribution in [0.1, 0.15) is 34.3 Å². The molecule has 1 aromatic heterocycles. The number of hydrogen-bond acceptors (Lipinski definition) is 5. The Balaban J connectivity index is 1.52. The average molecular weight is 469 g/mol. The summed E-state index contributed by atoms with van der Waals surface area (Å²) in [7, 11) is 1.61. The van der Waals surface area contributed by atoms with Crippen molar-refractivity contribution < 1.29 is 9.53 Å². The van der Waals surface area contributed by atoms with Crippen molar-refractivity contribution >= 4 is 22.8 Å². The fraction of sp³-hybridized carbons (Fsp3) is 0.250. The van der Waals surface area contributed by atoms with E-state index in [4.69, 9.17) is 9.72 Å².